The molecular formula is C21H22N2O5S. The second-order valence-corrected chi connectivity index (χ2v) is 8.90. The molecule has 3 rings (SSSR count). The maximum atomic E-state index is 12.4. The van der Waals surface area contributed by atoms with Crippen LogP contribution in [0.5, 0.6) is 0 Å². The van der Waals surface area contributed by atoms with Crippen LogP contribution < -0.4 is 10.0 Å². The minimum atomic E-state index is -3.84. The summed E-state index contributed by atoms with van der Waals surface area (Å²) in [5.41, 5.74) is 2.74. The van der Waals surface area contributed by atoms with E-state index in [9.17, 15) is 18.0 Å². The molecule has 8 heteroatoms. The summed E-state index contributed by atoms with van der Waals surface area (Å²) >= 11 is 0. The van der Waals surface area contributed by atoms with Gasteiger partial charge in [-0.3, -0.25) is 4.79 Å². The Kier molecular flexibility index (Phi) is 5.34. The third-order valence-electron chi connectivity index (χ3n) is 5.00. The highest BCUT2D eigenvalue weighted by Crippen LogP contribution is 2.46. The van der Waals surface area contributed by atoms with Gasteiger partial charge in [0.2, 0.25) is 10.0 Å². The molecule has 0 unspecified atom stereocenters. The Balaban J connectivity index is 1.69. The molecule has 0 fully saturated rings. The van der Waals surface area contributed by atoms with Gasteiger partial charge in [0.15, 0.2) is 12.4 Å². The predicted molar refractivity (Wildman–Crippen MR) is 109 cm³/mol. The van der Waals surface area contributed by atoms with E-state index < -0.39 is 22.6 Å². The first-order valence-corrected chi connectivity index (χ1v) is 10.4. The fraction of sp³-hybridized carbons (Fsp3) is 0.238. The minimum Gasteiger partial charge on any atom is -0.454 e. The first kappa shape index (κ1) is 20.8. The van der Waals surface area contributed by atoms with E-state index in [1.807, 2.05) is 50.1 Å². The topological polar surface area (TPSA) is 107 Å². The smallest absolute Gasteiger partial charge is 0.338 e. The van der Waals surface area contributed by atoms with Gasteiger partial charge in [0.05, 0.1) is 10.5 Å². The molecule has 1 aliphatic heterocycles. The van der Waals surface area contributed by atoms with Crippen molar-refractivity contribution in [2.75, 3.05) is 18.6 Å². The van der Waals surface area contributed by atoms with Crippen LogP contribution >= 0.6 is 0 Å². The molecule has 7 nitrogen and oxygen atoms in total. The van der Waals surface area contributed by atoms with Crippen LogP contribution in [0.2, 0.25) is 0 Å². The number of nitrogens with zero attached hydrogens (tertiary/aromatic N) is 1. The predicted octanol–water partition coefficient (Wildman–Crippen LogP) is 2.37. The third-order valence-corrected chi connectivity index (χ3v) is 5.93. The number of hydrogen-bond donors (Lipinski definition) is 1. The number of hydrogen-bond acceptors (Lipinski definition) is 6. The van der Waals surface area contributed by atoms with Crippen molar-refractivity contribution in [3.63, 3.8) is 0 Å². The van der Waals surface area contributed by atoms with Gasteiger partial charge in [0, 0.05) is 29.9 Å². The molecule has 2 aromatic carbocycles. The molecule has 2 N–H and O–H groups in total. The molecule has 0 radical (unpaired) electrons. The van der Waals surface area contributed by atoms with E-state index in [-0.39, 0.29) is 21.7 Å². The lowest BCUT2D eigenvalue weighted by Gasteiger charge is -2.23. The van der Waals surface area contributed by atoms with Gasteiger partial charge in [0.1, 0.15) is 0 Å². The van der Waals surface area contributed by atoms with Crippen LogP contribution in [0.25, 0.3) is 0 Å². The summed E-state index contributed by atoms with van der Waals surface area (Å²) in [6.45, 7) is 3.65. The summed E-state index contributed by atoms with van der Waals surface area (Å²) in [7, 11) is -1.95. The first-order valence-electron chi connectivity index (χ1n) is 8.90. The Morgan fingerprint density at radius 1 is 1.10 bits per heavy atom. The number of rotatable bonds is 5. The minimum absolute atomic E-state index is 0.110. The largest absolute Gasteiger partial charge is 0.454 e. The van der Waals surface area contributed by atoms with Crippen molar-refractivity contribution >= 4 is 27.5 Å². The maximum Gasteiger partial charge on any atom is 0.338 e. The number of likely N-dealkylation sites (N-methyl/N-ethyl adjacent to an activating group) is 1. The van der Waals surface area contributed by atoms with E-state index in [0.29, 0.717) is 0 Å². The van der Waals surface area contributed by atoms with Crippen molar-refractivity contribution in [3.8, 4) is 0 Å². The Hall–Kier alpha value is -2.97. The van der Waals surface area contributed by atoms with Crippen molar-refractivity contribution in [2.24, 2.45) is 5.14 Å². The normalized spacial score (nSPS) is 16.6. The SMILES string of the molecule is CN1/C(=C\C(=O)COC(=O)c2ccc(S(N)(=O)=O)cc2)C(C)(C)c2ccccc21. The summed E-state index contributed by atoms with van der Waals surface area (Å²) in [5.74, 6) is -1.07. The summed E-state index contributed by atoms with van der Waals surface area (Å²) in [5, 5.41) is 5.02. The van der Waals surface area contributed by atoms with E-state index in [4.69, 9.17) is 9.88 Å². The van der Waals surface area contributed by atoms with Gasteiger partial charge in [-0.05, 0) is 35.9 Å². The number of primary sulfonamides is 1. The molecule has 0 amide bonds. The molecule has 0 saturated carbocycles. The van der Waals surface area contributed by atoms with Crippen LogP contribution in [0.4, 0.5) is 5.69 Å². The van der Waals surface area contributed by atoms with Gasteiger partial charge in [-0.15, -0.1) is 0 Å². The number of para-hydroxylation sites is 1. The molecule has 1 heterocycles. The lowest BCUT2D eigenvalue weighted by atomic mass is 9.83. The van der Waals surface area contributed by atoms with Crippen LogP contribution in [0, 0.1) is 0 Å². The molecule has 152 valence electrons. The van der Waals surface area contributed by atoms with Crippen LogP contribution in [0.1, 0.15) is 29.8 Å². The van der Waals surface area contributed by atoms with E-state index in [1.54, 1.807) is 0 Å². The zero-order chi connectivity index (χ0) is 21.4. The van der Waals surface area contributed by atoms with Gasteiger partial charge in [-0.25, -0.2) is 18.4 Å². The van der Waals surface area contributed by atoms with Gasteiger partial charge < -0.3 is 9.64 Å². The van der Waals surface area contributed by atoms with E-state index in [2.05, 4.69) is 0 Å². The van der Waals surface area contributed by atoms with Gasteiger partial charge in [-0.1, -0.05) is 32.0 Å². The van der Waals surface area contributed by atoms with E-state index in [1.165, 1.54) is 30.3 Å². The number of esters is 1. The number of allylic oxidation sites excluding steroid dienone is 1. The summed E-state index contributed by atoms with van der Waals surface area (Å²) < 4.78 is 27.6. The van der Waals surface area contributed by atoms with E-state index >= 15 is 0 Å². The summed E-state index contributed by atoms with van der Waals surface area (Å²) in [4.78, 5) is 26.4. The first-order chi connectivity index (χ1) is 13.5. The molecule has 0 atom stereocenters. The number of benzene rings is 2. The van der Waals surface area contributed by atoms with Crippen molar-refractivity contribution in [1.29, 1.82) is 0 Å². The molecule has 1 aliphatic rings. The number of anilines is 1. The molecular weight excluding hydrogens is 392 g/mol. The highest BCUT2D eigenvalue weighted by atomic mass is 32.2. The molecule has 2 aromatic rings. The highest BCUT2D eigenvalue weighted by Gasteiger charge is 2.38. The van der Waals surface area contributed by atoms with Crippen LogP contribution in [-0.4, -0.2) is 33.8 Å². The van der Waals surface area contributed by atoms with Crippen molar-refractivity contribution in [3.05, 3.63) is 71.4 Å². The molecule has 0 saturated heterocycles. The lowest BCUT2D eigenvalue weighted by molar-refractivity contribution is -0.117. The highest BCUT2D eigenvalue weighted by molar-refractivity contribution is 7.89. The molecule has 29 heavy (non-hydrogen) atoms. The van der Waals surface area contributed by atoms with Crippen LogP contribution in [0.3, 0.4) is 0 Å². The molecule has 0 aliphatic carbocycles. The second kappa shape index (κ2) is 7.46. The number of fused-ring (bicyclic) bond motifs is 1. The number of sulfonamides is 1. The van der Waals surface area contributed by atoms with Crippen molar-refractivity contribution in [1.82, 2.24) is 0 Å². The number of carbonyl (C=O) groups excluding carboxylic acids is 2. The average Bonchev–Trinajstić information content (AvgIpc) is 2.86. The Bertz CT molecular complexity index is 1100. The number of nitrogens with two attached hydrogens (primary N) is 1. The van der Waals surface area contributed by atoms with Gasteiger partial charge >= 0.3 is 5.97 Å². The number of ether oxygens (including phenoxy) is 1. The standard InChI is InChI=1S/C21H22N2O5S/c1-21(2)17-6-4-5-7-18(17)23(3)19(21)12-15(24)13-28-20(25)14-8-10-16(11-9-14)29(22,26)27/h4-12H,13H2,1-3H3,(H2,22,26,27)/b19-12-. The van der Waals surface area contributed by atoms with Gasteiger partial charge in [-0.2, -0.15) is 0 Å². The second-order valence-electron chi connectivity index (χ2n) is 7.34. The monoisotopic (exact) mass is 414 g/mol. The molecule has 0 spiro atoms. The van der Waals surface area contributed by atoms with E-state index in [0.717, 1.165) is 16.9 Å². The number of carbonyl (C=O) groups is 2. The average molecular weight is 414 g/mol. The van der Waals surface area contributed by atoms with Crippen LogP contribution in [0.15, 0.2) is 65.2 Å². The van der Waals surface area contributed by atoms with Crippen molar-refractivity contribution < 1.29 is 22.7 Å². The molecule has 0 bridgehead atoms. The molecule has 0 aromatic heterocycles. The van der Waals surface area contributed by atoms with Crippen LogP contribution in [-0.2, 0) is 25.0 Å². The summed E-state index contributed by atoms with van der Waals surface area (Å²) in [6, 6.07) is 12.9. The third kappa shape index (κ3) is 4.08. The Morgan fingerprint density at radius 2 is 1.72 bits per heavy atom. The van der Waals surface area contributed by atoms with Crippen molar-refractivity contribution in [2.45, 2.75) is 24.2 Å². The number of ketones is 1. The fourth-order valence-corrected chi connectivity index (χ4v) is 3.97. The lowest BCUT2D eigenvalue weighted by Crippen LogP contribution is -2.25. The van der Waals surface area contributed by atoms with Gasteiger partial charge in [0.25, 0.3) is 0 Å². The maximum absolute atomic E-state index is 12.4. The Labute approximate surface area is 169 Å². The fourth-order valence-electron chi connectivity index (χ4n) is 3.45. The zero-order valence-electron chi connectivity index (χ0n) is 16.4. The zero-order valence-corrected chi connectivity index (χ0v) is 17.2. The summed E-state index contributed by atoms with van der Waals surface area (Å²) in [6.07, 6.45) is 1.50. The Morgan fingerprint density at radius 3 is 2.31 bits per heavy atom. The quantitative estimate of drug-likeness (QED) is 0.595.